The lowest BCUT2D eigenvalue weighted by molar-refractivity contribution is 0.806. The summed E-state index contributed by atoms with van der Waals surface area (Å²) >= 11 is 0. The molecule has 0 aliphatic heterocycles. The van der Waals surface area contributed by atoms with E-state index < -0.39 is 8.07 Å². The first-order chi connectivity index (χ1) is 5.12. The van der Waals surface area contributed by atoms with E-state index in [9.17, 15) is 0 Å². The topological polar surface area (TPSA) is 23.8 Å². The predicted molar refractivity (Wildman–Crippen MR) is 52.0 cm³/mol. The molecule has 0 saturated carbocycles. The van der Waals surface area contributed by atoms with Crippen LogP contribution >= 0.6 is 0 Å². The molecule has 62 valence electrons. The van der Waals surface area contributed by atoms with Crippen LogP contribution in [-0.2, 0) is 0 Å². The molecular weight excluding hydrogens is 150 g/mol. The Hall–Kier alpha value is -0.553. The summed E-state index contributed by atoms with van der Waals surface area (Å²) in [4.78, 5) is 0. The summed E-state index contributed by atoms with van der Waals surface area (Å²) < 4.78 is 0. The smallest absolute Gasteiger partial charge is 0.167 e. The van der Waals surface area contributed by atoms with Gasteiger partial charge in [0.2, 0.25) is 0 Å². The van der Waals surface area contributed by atoms with Gasteiger partial charge in [0.1, 0.15) is 0 Å². The minimum Gasteiger partial charge on any atom is -0.207 e. The van der Waals surface area contributed by atoms with Crippen molar-refractivity contribution < 1.29 is 0 Å². The molecule has 0 saturated heterocycles. The molecule has 0 N–H and O–H groups in total. The van der Waals surface area contributed by atoms with Crippen molar-refractivity contribution in [1.82, 2.24) is 0 Å². The molecule has 0 aromatic carbocycles. The minimum atomic E-state index is -1.46. The fourth-order valence-corrected chi connectivity index (χ4v) is 2.16. The molecule has 0 aromatic heterocycles. The van der Waals surface area contributed by atoms with E-state index in [1.165, 1.54) is 12.8 Å². The van der Waals surface area contributed by atoms with Crippen LogP contribution in [0.1, 0.15) is 19.3 Å². The molecule has 0 atom stereocenters. The zero-order chi connectivity index (χ0) is 8.74. The van der Waals surface area contributed by atoms with Crippen LogP contribution in [0.15, 0.2) is 12.7 Å². The lowest BCUT2D eigenvalue weighted by atomic mass is 10.2. The molecule has 1 nitrogen and oxygen atoms in total. The molecule has 0 aliphatic carbocycles. The standard InChI is InChI=1S/C9H17NSi/c1-4-5-6-7-8-11(2,3)9-10/h4H,1,5-8H2,2-3H3. The van der Waals surface area contributed by atoms with E-state index in [1.54, 1.807) is 0 Å². The predicted octanol–water partition coefficient (Wildman–Crippen LogP) is 3.11. The van der Waals surface area contributed by atoms with Gasteiger partial charge < -0.3 is 0 Å². The van der Waals surface area contributed by atoms with E-state index in [0.717, 1.165) is 12.5 Å². The van der Waals surface area contributed by atoms with Gasteiger partial charge in [-0.2, -0.15) is 0 Å². The van der Waals surface area contributed by atoms with Gasteiger partial charge in [0.15, 0.2) is 8.07 Å². The van der Waals surface area contributed by atoms with Gasteiger partial charge in [0, 0.05) is 5.69 Å². The van der Waals surface area contributed by atoms with Gasteiger partial charge in [-0.25, -0.2) is 5.26 Å². The van der Waals surface area contributed by atoms with Gasteiger partial charge in [0.05, 0.1) is 0 Å². The van der Waals surface area contributed by atoms with Crippen LogP contribution in [0.5, 0.6) is 0 Å². The van der Waals surface area contributed by atoms with Crippen LogP contribution in [0.4, 0.5) is 0 Å². The molecule has 2 heteroatoms. The molecular formula is C9H17NSi. The monoisotopic (exact) mass is 167 g/mol. The minimum absolute atomic E-state index is 1.09. The number of unbranched alkanes of at least 4 members (excludes halogenated alkanes) is 2. The highest BCUT2D eigenvalue weighted by atomic mass is 28.3. The first-order valence-electron chi connectivity index (χ1n) is 4.14. The third-order valence-electron chi connectivity index (χ3n) is 1.76. The zero-order valence-corrected chi connectivity index (χ0v) is 8.56. The Morgan fingerprint density at radius 2 is 2.09 bits per heavy atom. The van der Waals surface area contributed by atoms with E-state index in [0.29, 0.717) is 0 Å². The number of hydrogen-bond donors (Lipinski definition) is 0. The maximum atomic E-state index is 8.74. The van der Waals surface area contributed by atoms with E-state index in [1.807, 2.05) is 6.08 Å². The van der Waals surface area contributed by atoms with E-state index >= 15 is 0 Å². The summed E-state index contributed by atoms with van der Waals surface area (Å²) in [5.74, 6) is 0. The van der Waals surface area contributed by atoms with Crippen LogP contribution < -0.4 is 0 Å². The summed E-state index contributed by atoms with van der Waals surface area (Å²) in [6.07, 6.45) is 5.43. The number of allylic oxidation sites excluding steroid dienone is 1. The van der Waals surface area contributed by atoms with Crippen molar-refractivity contribution in [1.29, 1.82) is 5.26 Å². The Bertz CT molecular complexity index is 155. The fourth-order valence-electron chi connectivity index (χ4n) is 0.912. The molecule has 11 heavy (non-hydrogen) atoms. The largest absolute Gasteiger partial charge is 0.207 e. The molecule has 0 radical (unpaired) electrons. The SMILES string of the molecule is C=CCCCC[Si](C)(C)C#N. The van der Waals surface area contributed by atoms with Gasteiger partial charge in [-0.1, -0.05) is 32.0 Å². The van der Waals surface area contributed by atoms with Crippen LogP contribution in [0.25, 0.3) is 0 Å². The Kier molecular flexibility index (Phi) is 4.89. The third-order valence-corrected chi connectivity index (χ3v) is 3.97. The van der Waals surface area contributed by atoms with Crippen LogP contribution in [-0.4, -0.2) is 8.07 Å². The van der Waals surface area contributed by atoms with E-state index in [-0.39, 0.29) is 0 Å². The average molecular weight is 167 g/mol. The maximum Gasteiger partial charge on any atom is 0.167 e. The molecule has 0 spiro atoms. The fraction of sp³-hybridized carbons (Fsp3) is 0.667. The van der Waals surface area contributed by atoms with Crippen molar-refractivity contribution in [3.63, 3.8) is 0 Å². The van der Waals surface area contributed by atoms with Crippen molar-refractivity contribution in [2.45, 2.75) is 38.4 Å². The summed E-state index contributed by atoms with van der Waals surface area (Å²) in [6, 6.07) is 1.14. The molecule has 0 aliphatic rings. The maximum absolute atomic E-state index is 8.74. The first kappa shape index (κ1) is 10.4. The van der Waals surface area contributed by atoms with Crippen molar-refractivity contribution >= 4 is 8.07 Å². The van der Waals surface area contributed by atoms with Crippen LogP contribution in [0, 0.1) is 11.0 Å². The molecule has 0 bridgehead atoms. The lowest BCUT2D eigenvalue weighted by Gasteiger charge is -2.10. The van der Waals surface area contributed by atoms with Crippen molar-refractivity contribution in [3.05, 3.63) is 12.7 Å². The molecule has 0 fully saturated rings. The third kappa shape index (κ3) is 5.87. The van der Waals surface area contributed by atoms with E-state index in [4.69, 9.17) is 5.26 Å². The van der Waals surface area contributed by atoms with Crippen molar-refractivity contribution in [3.8, 4) is 5.69 Å². The highest BCUT2D eigenvalue weighted by Crippen LogP contribution is 2.13. The second-order valence-corrected chi connectivity index (χ2v) is 8.02. The average Bonchev–Trinajstić information content (AvgIpc) is 1.99. The number of rotatable bonds is 5. The summed E-state index contributed by atoms with van der Waals surface area (Å²) in [5.41, 5.74) is 2.43. The molecule has 0 rings (SSSR count). The van der Waals surface area contributed by atoms with Gasteiger partial charge >= 0.3 is 0 Å². The number of nitriles is 1. The molecule has 0 aromatic rings. The van der Waals surface area contributed by atoms with E-state index in [2.05, 4.69) is 25.4 Å². The van der Waals surface area contributed by atoms with Gasteiger partial charge in [-0.3, -0.25) is 0 Å². The summed E-state index contributed by atoms with van der Waals surface area (Å²) in [6.45, 7) is 7.91. The Morgan fingerprint density at radius 3 is 2.55 bits per heavy atom. The highest BCUT2D eigenvalue weighted by Gasteiger charge is 2.18. The Labute approximate surface area is 70.7 Å². The van der Waals surface area contributed by atoms with Gasteiger partial charge in [0.25, 0.3) is 0 Å². The number of hydrogen-bond acceptors (Lipinski definition) is 1. The second-order valence-electron chi connectivity index (χ2n) is 3.53. The zero-order valence-electron chi connectivity index (χ0n) is 7.56. The normalized spacial score (nSPS) is 10.6. The first-order valence-corrected chi connectivity index (χ1v) is 7.35. The second kappa shape index (κ2) is 5.14. The number of nitrogens with zero attached hydrogens (tertiary/aromatic N) is 1. The Morgan fingerprint density at radius 1 is 1.45 bits per heavy atom. The molecule has 0 unspecified atom stereocenters. The summed E-state index contributed by atoms with van der Waals surface area (Å²) in [5, 5.41) is 8.74. The van der Waals surface area contributed by atoms with Crippen molar-refractivity contribution in [2.24, 2.45) is 0 Å². The van der Waals surface area contributed by atoms with Crippen LogP contribution in [0.3, 0.4) is 0 Å². The van der Waals surface area contributed by atoms with Gasteiger partial charge in [-0.15, -0.1) is 6.58 Å². The summed E-state index contributed by atoms with van der Waals surface area (Å²) in [7, 11) is -1.46. The quantitative estimate of drug-likeness (QED) is 0.350. The highest BCUT2D eigenvalue weighted by molar-refractivity contribution is 6.84. The van der Waals surface area contributed by atoms with Crippen molar-refractivity contribution in [2.75, 3.05) is 0 Å². The molecule has 0 heterocycles. The lowest BCUT2D eigenvalue weighted by Crippen LogP contribution is -2.22. The Balaban J connectivity index is 3.39. The van der Waals surface area contributed by atoms with Crippen LogP contribution in [0.2, 0.25) is 19.1 Å². The van der Waals surface area contributed by atoms with Gasteiger partial charge in [-0.05, 0) is 12.5 Å². The molecule has 0 amide bonds.